The first-order valence-corrected chi connectivity index (χ1v) is 7.23. The highest BCUT2D eigenvalue weighted by Crippen LogP contribution is 2.34. The largest absolute Gasteiger partial charge is 0.382 e. The molecule has 3 N–H and O–H groups in total. The van der Waals surface area contributed by atoms with Crippen molar-refractivity contribution < 1.29 is 4.79 Å². The van der Waals surface area contributed by atoms with E-state index in [-0.39, 0.29) is 5.91 Å². The van der Waals surface area contributed by atoms with Gasteiger partial charge in [0.1, 0.15) is 10.6 Å². The number of anilines is 2. The van der Waals surface area contributed by atoms with Gasteiger partial charge in [0.15, 0.2) is 5.82 Å². The van der Waals surface area contributed by atoms with Crippen LogP contribution in [0.5, 0.6) is 0 Å². The Balaban J connectivity index is 1.83. The molecule has 3 rings (SSSR count). The molecule has 1 aliphatic heterocycles. The minimum atomic E-state index is -0.0571. The molecule has 0 aromatic carbocycles. The number of rotatable bonds is 3. The van der Waals surface area contributed by atoms with Crippen LogP contribution in [0.3, 0.4) is 0 Å². The normalized spacial score (nSPS) is 23.4. The Morgan fingerprint density at radius 1 is 1.50 bits per heavy atom. The van der Waals surface area contributed by atoms with Gasteiger partial charge in [-0.15, -0.1) is 0 Å². The lowest BCUT2D eigenvalue weighted by molar-refractivity contribution is 0.0952. The Morgan fingerprint density at radius 2 is 2.28 bits per heavy atom. The summed E-state index contributed by atoms with van der Waals surface area (Å²) in [4.78, 5) is 14.4. The van der Waals surface area contributed by atoms with E-state index in [1.165, 1.54) is 18.0 Å². The van der Waals surface area contributed by atoms with Gasteiger partial charge in [-0.05, 0) is 36.7 Å². The lowest BCUT2D eigenvalue weighted by atomic mass is 10.2. The lowest BCUT2D eigenvalue weighted by Gasteiger charge is -2.17. The molecule has 5 nitrogen and oxygen atoms in total. The summed E-state index contributed by atoms with van der Waals surface area (Å²) in [5.74, 6) is 0.985. The molecule has 6 heteroatoms. The van der Waals surface area contributed by atoms with Gasteiger partial charge in [-0.2, -0.15) is 4.37 Å². The second kappa shape index (κ2) is 4.42. The Hall–Kier alpha value is -1.30. The van der Waals surface area contributed by atoms with Crippen LogP contribution in [0.4, 0.5) is 10.8 Å². The SMILES string of the molecule is CC1CCN(c2snc(N)c2C(=O)NC2CC2)C1. The molecule has 0 bridgehead atoms. The number of amides is 1. The van der Waals surface area contributed by atoms with E-state index in [0.717, 1.165) is 30.9 Å². The molecule has 2 aliphatic rings. The summed E-state index contributed by atoms with van der Waals surface area (Å²) >= 11 is 1.34. The van der Waals surface area contributed by atoms with Gasteiger partial charge in [0.2, 0.25) is 0 Å². The molecule has 1 saturated heterocycles. The highest BCUT2D eigenvalue weighted by atomic mass is 32.1. The molecular weight excluding hydrogens is 248 g/mol. The van der Waals surface area contributed by atoms with Gasteiger partial charge in [-0.1, -0.05) is 6.92 Å². The second-order valence-electron chi connectivity index (χ2n) is 5.34. The number of carbonyl (C=O) groups excluding carboxylic acids is 1. The molecule has 1 saturated carbocycles. The van der Waals surface area contributed by atoms with Crippen LogP contribution in [-0.4, -0.2) is 29.4 Å². The summed E-state index contributed by atoms with van der Waals surface area (Å²) in [5.41, 5.74) is 6.44. The van der Waals surface area contributed by atoms with Crippen molar-refractivity contribution in [1.29, 1.82) is 0 Å². The van der Waals surface area contributed by atoms with Crippen molar-refractivity contribution >= 4 is 28.3 Å². The number of aromatic nitrogens is 1. The monoisotopic (exact) mass is 266 g/mol. The molecule has 0 radical (unpaired) electrons. The van der Waals surface area contributed by atoms with E-state index in [1.807, 2.05) is 0 Å². The fourth-order valence-corrected chi connectivity index (χ4v) is 3.17. The van der Waals surface area contributed by atoms with Crippen LogP contribution < -0.4 is 16.0 Å². The van der Waals surface area contributed by atoms with E-state index < -0.39 is 0 Å². The van der Waals surface area contributed by atoms with E-state index in [0.29, 0.717) is 23.3 Å². The molecule has 1 aromatic heterocycles. The van der Waals surface area contributed by atoms with Gasteiger partial charge in [-0.25, -0.2) is 0 Å². The van der Waals surface area contributed by atoms with E-state index in [4.69, 9.17) is 5.73 Å². The summed E-state index contributed by atoms with van der Waals surface area (Å²) < 4.78 is 4.15. The van der Waals surface area contributed by atoms with Gasteiger partial charge < -0.3 is 16.0 Å². The van der Waals surface area contributed by atoms with Gasteiger partial charge in [0.05, 0.1) is 0 Å². The Labute approximate surface area is 111 Å². The first kappa shape index (κ1) is 11.8. The number of nitrogens with one attached hydrogen (secondary N) is 1. The molecule has 98 valence electrons. The Morgan fingerprint density at radius 3 is 2.89 bits per heavy atom. The standard InChI is InChI=1S/C12H18N4OS/c1-7-4-5-16(6-7)12-9(10(13)15-18-12)11(17)14-8-2-3-8/h7-8H,2-6H2,1H3,(H2,13,15)(H,14,17). The minimum absolute atomic E-state index is 0.0571. The van der Waals surface area contributed by atoms with Crippen molar-refractivity contribution in [2.75, 3.05) is 23.7 Å². The quantitative estimate of drug-likeness (QED) is 0.869. The highest BCUT2D eigenvalue weighted by Gasteiger charge is 2.30. The summed E-state index contributed by atoms with van der Waals surface area (Å²) in [6.07, 6.45) is 3.33. The zero-order valence-electron chi connectivity index (χ0n) is 10.5. The molecule has 2 fully saturated rings. The maximum Gasteiger partial charge on any atom is 0.258 e. The maximum atomic E-state index is 12.2. The number of hydrogen-bond donors (Lipinski definition) is 2. The highest BCUT2D eigenvalue weighted by molar-refractivity contribution is 7.11. The number of nitrogens with two attached hydrogens (primary N) is 1. The fraction of sp³-hybridized carbons (Fsp3) is 0.667. The van der Waals surface area contributed by atoms with Gasteiger partial charge in [0.25, 0.3) is 5.91 Å². The van der Waals surface area contributed by atoms with E-state index in [1.54, 1.807) is 0 Å². The molecular formula is C12H18N4OS. The zero-order valence-corrected chi connectivity index (χ0v) is 11.3. The third-order valence-electron chi connectivity index (χ3n) is 3.55. The molecule has 18 heavy (non-hydrogen) atoms. The van der Waals surface area contributed by atoms with Gasteiger partial charge in [-0.3, -0.25) is 4.79 Å². The van der Waals surface area contributed by atoms with Crippen LogP contribution in [-0.2, 0) is 0 Å². The van der Waals surface area contributed by atoms with Crippen molar-refractivity contribution in [3.63, 3.8) is 0 Å². The minimum Gasteiger partial charge on any atom is -0.382 e. The molecule has 1 aromatic rings. The lowest BCUT2D eigenvalue weighted by Crippen LogP contribution is -2.28. The number of hydrogen-bond acceptors (Lipinski definition) is 5. The van der Waals surface area contributed by atoms with Crippen LogP contribution in [0.2, 0.25) is 0 Å². The summed E-state index contributed by atoms with van der Waals surface area (Å²) in [6, 6.07) is 0.349. The zero-order chi connectivity index (χ0) is 12.7. The van der Waals surface area contributed by atoms with E-state index in [9.17, 15) is 4.79 Å². The van der Waals surface area contributed by atoms with Crippen LogP contribution in [0.1, 0.15) is 36.5 Å². The maximum absolute atomic E-state index is 12.2. The average molecular weight is 266 g/mol. The molecule has 0 spiro atoms. The van der Waals surface area contributed by atoms with Gasteiger partial charge >= 0.3 is 0 Å². The molecule has 1 aliphatic carbocycles. The van der Waals surface area contributed by atoms with E-state index in [2.05, 4.69) is 21.5 Å². The van der Waals surface area contributed by atoms with Crippen LogP contribution in [0.15, 0.2) is 0 Å². The predicted molar refractivity (Wildman–Crippen MR) is 73.0 cm³/mol. The topological polar surface area (TPSA) is 71.2 Å². The number of nitrogens with zero attached hydrogens (tertiary/aromatic N) is 2. The van der Waals surface area contributed by atoms with Crippen molar-refractivity contribution in [2.45, 2.75) is 32.2 Å². The van der Waals surface area contributed by atoms with E-state index >= 15 is 0 Å². The summed E-state index contributed by atoms with van der Waals surface area (Å²) in [6.45, 7) is 4.21. The summed E-state index contributed by atoms with van der Waals surface area (Å²) in [7, 11) is 0. The number of nitrogen functional groups attached to an aromatic ring is 1. The molecule has 1 atom stereocenters. The Bertz CT molecular complexity index is 469. The molecule has 1 unspecified atom stereocenters. The predicted octanol–water partition coefficient (Wildman–Crippen LogP) is 1.46. The van der Waals surface area contributed by atoms with Crippen molar-refractivity contribution in [1.82, 2.24) is 9.69 Å². The molecule has 2 heterocycles. The molecule has 1 amide bonds. The third kappa shape index (κ3) is 2.16. The fourth-order valence-electron chi connectivity index (χ4n) is 2.33. The first-order valence-electron chi connectivity index (χ1n) is 6.46. The van der Waals surface area contributed by atoms with Crippen molar-refractivity contribution in [3.8, 4) is 0 Å². The third-order valence-corrected chi connectivity index (χ3v) is 4.47. The van der Waals surface area contributed by atoms with Crippen molar-refractivity contribution in [3.05, 3.63) is 5.56 Å². The second-order valence-corrected chi connectivity index (χ2v) is 6.09. The average Bonchev–Trinajstić information content (AvgIpc) is 2.88. The smallest absolute Gasteiger partial charge is 0.258 e. The van der Waals surface area contributed by atoms with Crippen LogP contribution in [0.25, 0.3) is 0 Å². The van der Waals surface area contributed by atoms with Crippen molar-refractivity contribution in [2.24, 2.45) is 5.92 Å². The van der Waals surface area contributed by atoms with Crippen LogP contribution in [0, 0.1) is 5.92 Å². The van der Waals surface area contributed by atoms with Gasteiger partial charge in [0, 0.05) is 19.1 Å². The van der Waals surface area contributed by atoms with Crippen LogP contribution >= 0.6 is 11.5 Å². The Kier molecular flexibility index (Phi) is 2.89. The number of carbonyl (C=O) groups is 1. The first-order chi connectivity index (χ1) is 8.65. The summed E-state index contributed by atoms with van der Waals surface area (Å²) in [5, 5.41) is 3.93.